The van der Waals surface area contributed by atoms with Crippen LogP contribution in [-0.4, -0.2) is 27.8 Å². The highest BCUT2D eigenvalue weighted by Crippen LogP contribution is 2.35. The molecule has 2 nitrogen and oxygen atoms in total. The van der Waals surface area contributed by atoms with Crippen LogP contribution in [0, 0.1) is 0 Å². The van der Waals surface area contributed by atoms with E-state index in [1.165, 1.54) is 12.0 Å². The fourth-order valence-electron chi connectivity index (χ4n) is 3.16. The van der Waals surface area contributed by atoms with E-state index in [4.69, 9.17) is 0 Å². The molecule has 4 unspecified atom stereocenters. The van der Waals surface area contributed by atoms with Crippen LogP contribution in [0.1, 0.15) is 44.6 Å². The first-order valence-electron chi connectivity index (χ1n) is 7.41. The maximum Gasteiger partial charge on any atom is 0.0506 e. The van der Waals surface area contributed by atoms with Crippen molar-refractivity contribution in [3.63, 3.8) is 0 Å². The van der Waals surface area contributed by atoms with E-state index in [1.54, 1.807) is 0 Å². The maximum atomic E-state index is 12.3. The Morgan fingerprint density at radius 1 is 1.21 bits per heavy atom. The minimum Gasteiger partial charge on any atom is -0.313 e. The van der Waals surface area contributed by atoms with Crippen molar-refractivity contribution < 1.29 is 4.21 Å². The van der Waals surface area contributed by atoms with Crippen LogP contribution in [0.25, 0.3) is 0 Å². The molecular weight excluding hydrogens is 254 g/mol. The lowest BCUT2D eigenvalue weighted by Crippen LogP contribution is -2.46. The summed E-state index contributed by atoms with van der Waals surface area (Å²) < 4.78 is 12.3. The molecule has 1 aromatic rings. The molecule has 0 aromatic heterocycles. The predicted molar refractivity (Wildman–Crippen MR) is 83.0 cm³/mol. The van der Waals surface area contributed by atoms with E-state index in [0.29, 0.717) is 17.2 Å². The Labute approximate surface area is 119 Å². The van der Waals surface area contributed by atoms with Crippen molar-refractivity contribution >= 4 is 10.8 Å². The lowest BCUT2D eigenvalue weighted by Gasteiger charge is -2.36. The van der Waals surface area contributed by atoms with Crippen molar-refractivity contribution in [3.05, 3.63) is 35.9 Å². The number of rotatable bonds is 5. The van der Waals surface area contributed by atoms with Gasteiger partial charge in [-0.3, -0.25) is 4.21 Å². The molecule has 0 radical (unpaired) electrons. The zero-order valence-electron chi connectivity index (χ0n) is 12.0. The van der Waals surface area contributed by atoms with E-state index in [0.717, 1.165) is 25.1 Å². The summed E-state index contributed by atoms with van der Waals surface area (Å²) in [5.41, 5.74) is 1.41. The van der Waals surface area contributed by atoms with Gasteiger partial charge in [-0.05, 0) is 37.3 Å². The highest BCUT2D eigenvalue weighted by atomic mass is 32.2. The SMILES string of the molecule is CCNC1CCC(c2ccccc2)CC1S(=O)CC. The van der Waals surface area contributed by atoms with Crippen molar-refractivity contribution in [1.29, 1.82) is 0 Å². The zero-order valence-corrected chi connectivity index (χ0v) is 12.8. The summed E-state index contributed by atoms with van der Waals surface area (Å²) in [5, 5.41) is 3.84. The quantitative estimate of drug-likeness (QED) is 0.897. The van der Waals surface area contributed by atoms with Crippen LogP contribution in [0.15, 0.2) is 30.3 Å². The second-order valence-electron chi connectivity index (χ2n) is 5.29. The molecule has 1 fully saturated rings. The third-order valence-corrected chi connectivity index (χ3v) is 5.92. The van der Waals surface area contributed by atoms with Crippen molar-refractivity contribution in [2.75, 3.05) is 12.3 Å². The van der Waals surface area contributed by atoms with Gasteiger partial charge < -0.3 is 5.32 Å². The number of benzene rings is 1. The third kappa shape index (κ3) is 3.67. The second kappa shape index (κ2) is 7.20. The zero-order chi connectivity index (χ0) is 13.7. The van der Waals surface area contributed by atoms with Gasteiger partial charge in [0.1, 0.15) is 0 Å². The average Bonchev–Trinajstić information content (AvgIpc) is 2.48. The molecule has 19 heavy (non-hydrogen) atoms. The summed E-state index contributed by atoms with van der Waals surface area (Å²) in [6.45, 7) is 5.14. The number of hydrogen-bond donors (Lipinski definition) is 1. The maximum absolute atomic E-state index is 12.3. The highest BCUT2D eigenvalue weighted by Gasteiger charge is 2.33. The van der Waals surface area contributed by atoms with E-state index in [-0.39, 0.29) is 0 Å². The van der Waals surface area contributed by atoms with Crippen LogP contribution >= 0.6 is 0 Å². The van der Waals surface area contributed by atoms with Gasteiger partial charge >= 0.3 is 0 Å². The molecule has 0 bridgehead atoms. The van der Waals surface area contributed by atoms with Gasteiger partial charge in [-0.25, -0.2) is 0 Å². The Balaban J connectivity index is 2.10. The Kier molecular flexibility index (Phi) is 5.59. The molecule has 0 saturated heterocycles. The van der Waals surface area contributed by atoms with Crippen LogP contribution in [0.5, 0.6) is 0 Å². The molecule has 0 amide bonds. The molecular formula is C16H25NOS. The lowest BCUT2D eigenvalue weighted by molar-refractivity contribution is 0.353. The fourth-order valence-corrected chi connectivity index (χ4v) is 4.63. The molecule has 1 saturated carbocycles. The van der Waals surface area contributed by atoms with Gasteiger partial charge in [0.25, 0.3) is 0 Å². The van der Waals surface area contributed by atoms with Crippen LogP contribution in [0.2, 0.25) is 0 Å². The van der Waals surface area contributed by atoms with Gasteiger partial charge in [0, 0.05) is 22.6 Å². The van der Waals surface area contributed by atoms with Gasteiger partial charge in [0.05, 0.1) is 5.25 Å². The van der Waals surface area contributed by atoms with Gasteiger partial charge in [-0.1, -0.05) is 44.2 Å². The first-order chi connectivity index (χ1) is 9.26. The Hall–Kier alpha value is -0.670. The lowest BCUT2D eigenvalue weighted by atomic mass is 9.81. The molecule has 106 valence electrons. The molecule has 0 aliphatic heterocycles. The van der Waals surface area contributed by atoms with Crippen molar-refractivity contribution in [1.82, 2.24) is 5.32 Å². The van der Waals surface area contributed by atoms with Gasteiger partial charge in [0.2, 0.25) is 0 Å². The minimum absolute atomic E-state index is 0.309. The molecule has 1 aliphatic carbocycles. The second-order valence-corrected chi connectivity index (χ2v) is 7.24. The van der Waals surface area contributed by atoms with Gasteiger partial charge in [0.15, 0.2) is 0 Å². The molecule has 3 heteroatoms. The number of hydrogen-bond acceptors (Lipinski definition) is 2. The average molecular weight is 279 g/mol. The first-order valence-corrected chi connectivity index (χ1v) is 8.80. The summed E-state index contributed by atoms with van der Waals surface area (Å²) >= 11 is 0. The van der Waals surface area contributed by atoms with Crippen LogP contribution in [0.4, 0.5) is 0 Å². The third-order valence-electron chi connectivity index (χ3n) is 4.15. The monoisotopic (exact) mass is 279 g/mol. The standard InChI is InChI=1S/C16H25NOS/c1-3-17-15-11-10-14(12-16(15)19(18)4-2)13-8-6-5-7-9-13/h5-9,14-17H,3-4,10-12H2,1-2H3. The van der Waals surface area contributed by atoms with Gasteiger partial charge in [-0.2, -0.15) is 0 Å². The predicted octanol–water partition coefficient (Wildman–Crippen LogP) is 3.07. The summed E-state index contributed by atoms with van der Waals surface area (Å²) in [5.74, 6) is 1.35. The van der Waals surface area contributed by atoms with Crippen LogP contribution < -0.4 is 5.32 Å². The van der Waals surface area contributed by atoms with E-state index in [1.807, 2.05) is 6.92 Å². The normalized spacial score (nSPS) is 29.1. The molecule has 4 atom stereocenters. The summed E-state index contributed by atoms with van der Waals surface area (Å²) in [4.78, 5) is 0. The van der Waals surface area contributed by atoms with E-state index >= 15 is 0 Å². The number of nitrogens with one attached hydrogen (secondary N) is 1. The molecule has 1 N–H and O–H groups in total. The Bertz CT molecular complexity index is 406. The summed E-state index contributed by atoms with van der Waals surface area (Å²) in [7, 11) is -0.702. The van der Waals surface area contributed by atoms with E-state index < -0.39 is 10.8 Å². The molecule has 0 heterocycles. The van der Waals surface area contributed by atoms with Crippen molar-refractivity contribution in [2.45, 2.75) is 50.3 Å². The van der Waals surface area contributed by atoms with Gasteiger partial charge in [-0.15, -0.1) is 0 Å². The van der Waals surface area contributed by atoms with Crippen molar-refractivity contribution in [3.8, 4) is 0 Å². The molecule has 1 aliphatic rings. The van der Waals surface area contributed by atoms with E-state index in [9.17, 15) is 4.21 Å². The molecule has 2 rings (SSSR count). The van der Waals surface area contributed by atoms with Crippen molar-refractivity contribution in [2.24, 2.45) is 0 Å². The van der Waals surface area contributed by atoms with E-state index in [2.05, 4.69) is 42.6 Å². The first kappa shape index (κ1) is 14.7. The minimum atomic E-state index is -0.702. The van der Waals surface area contributed by atoms with Crippen LogP contribution in [0.3, 0.4) is 0 Å². The smallest absolute Gasteiger partial charge is 0.0506 e. The van der Waals surface area contributed by atoms with Crippen LogP contribution in [-0.2, 0) is 10.8 Å². The summed E-state index contributed by atoms with van der Waals surface area (Å²) in [6.07, 6.45) is 3.41. The fraction of sp³-hybridized carbons (Fsp3) is 0.625. The molecule has 1 aromatic carbocycles. The Morgan fingerprint density at radius 2 is 1.95 bits per heavy atom. The topological polar surface area (TPSA) is 29.1 Å². The summed E-state index contributed by atoms with van der Waals surface area (Å²) in [6, 6.07) is 11.1. The largest absolute Gasteiger partial charge is 0.313 e. The Morgan fingerprint density at radius 3 is 2.58 bits per heavy atom. The molecule has 0 spiro atoms. The highest BCUT2D eigenvalue weighted by molar-refractivity contribution is 7.85.